The van der Waals surface area contributed by atoms with Crippen LogP contribution in [0.15, 0.2) is 0 Å². The molecule has 0 spiro atoms. The number of hydrogen-bond acceptors (Lipinski definition) is 1. The summed E-state index contributed by atoms with van der Waals surface area (Å²) in [7, 11) is 2.15. The van der Waals surface area contributed by atoms with Crippen molar-refractivity contribution in [3.8, 4) is 0 Å². The van der Waals surface area contributed by atoms with Crippen LogP contribution in [0.1, 0.15) is 13.8 Å². The fraction of sp³-hybridized carbons (Fsp3) is 1.00. The zero-order chi connectivity index (χ0) is 5.86. The van der Waals surface area contributed by atoms with E-state index in [2.05, 4.69) is 33.6 Å². The summed E-state index contributed by atoms with van der Waals surface area (Å²) in [5, 5.41) is 3.31. The molecule has 0 amide bonds. The van der Waals surface area contributed by atoms with E-state index in [9.17, 15) is 0 Å². The molecule has 40 valence electrons. The predicted octanol–water partition coefficient (Wildman–Crippen LogP) is -0.265. The SMILES string of the molecule is BB(C)NC(C)C. The lowest BCUT2D eigenvalue weighted by molar-refractivity contribution is 0.751. The topological polar surface area (TPSA) is 12.0 Å². The minimum atomic E-state index is 0.625. The molecule has 3 heteroatoms. The van der Waals surface area contributed by atoms with E-state index in [0.717, 1.165) is 0 Å². The van der Waals surface area contributed by atoms with Crippen molar-refractivity contribution < 1.29 is 0 Å². The van der Waals surface area contributed by atoms with Crippen LogP contribution in [0.5, 0.6) is 0 Å². The van der Waals surface area contributed by atoms with Gasteiger partial charge in [0.25, 0.3) is 0 Å². The third-order valence-corrected chi connectivity index (χ3v) is 0.667. The monoisotopic (exact) mass is 97.1 g/mol. The van der Waals surface area contributed by atoms with Crippen LogP contribution in [0.25, 0.3) is 0 Å². The predicted molar refractivity (Wildman–Crippen MR) is 38.4 cm³/mol. The van der Waals surface area contributed by atoms with E-state index in [4.69, 9.17) is 0 Å². The van der Waals surface area contributed by atoms with Gasteiger partial charge >= 0.3 is 0 Å². The van der Waals surface area contributed by atoms with E-state index in [1.54, 1.807) is 0 Å². The van der Waals surface area contributed by atoms with Gasteiger partial charge in [-0.1, -0.05) is 20.7 Å². The highest BCUT2D eigenvalue weighted by Gasteiger charge is 1.97. The number of rotatable bonds is 2. The molecule has 0 radical (unpaired) electrons. The van der Waals surface area contributed by atoms with Gasteiger partial charge in [-0.2, -0.15) is 0 Å². The van der Waals surface area contributed by atoms with Gasteiger partial charge in [0.15, 0.2) is 6.74 Å². The van der Waals surface area contributed by atoms with Gasteiger partial charge < -0.3 is 5.23 Å². The lowest BCUT2D eigenvalue weighted by atomic mass is 9.44. The van der Waals surface area contributed by atoms with E-state index in [1.807, 2.05) is 0 Å². The number of nitrogens with one attached hydrogen (secondary N) is 1. The van der Waals surface area contributed by atoms with Gasteiger partial charge in [-0.3, -0.25) is 0 Å². The molecule has 0 atom stereocenters. The molecule has 0 aliphatic carbocycles. The fourth-order valence-corrected chi connectivity index (χ4v) is 0.667. The second-order valence-corrected chi connectivity index (χ2v) is 2.48. The van der Waals surface area contributed by atoms with E-state index in [-0.39, 0.29) is 0 Å². The first-order valence-corrected chi connectivity index (χ1v) is 2.89. The zero-order valence-corrected chi connectivity index (χ0v) is 5.65. The molecule has 0 aliphatic rings. The summed E-state index contributed by atoms with van der Waals surface area (Å²) >= 11 is 0. The Morgan fingerprint density at radius 3 is 2.00 bits per heavy atom. The van der Waals surface area contributed by atoms with Crippen LogP contribution in [0, 0.1) is 0 Å². The van der Waals surface area contributed by atoms with Crippen molar-refractivity contribution in [1.29, 1.82) is 0 Å². The van der Waals surface area contributed by atoms with Crippen molar-refractivity contribution in [1.82, 2.24) is 5.23 Å². The first-order valence-electron chi connectivity index (χ1n) is 2.89. The summed E-state index contributed by atoms with van der Waals surface area (Å²) in [4.78, 5) is 0. The van der Waals surface area contributed by atoms with Gasteiger partial charge in [0.1, 0.15) is 0 Å². The van der Waals surface area contributed by atoms with Gasteiger partial charge in [-0.05, 0) is 6.04 Å². The maximum absolute atomic E-state index is 3.31. The van der Waals surface area contributed by atoms with Gasteiger partial charge in [-0.25, -0.2) is 0 Å². The molecule has 0 aliphatic heterocycles. The van der Waals surface area contributed by atoms with Crippen LogP contribution >= 0.6 is 0 Å². The molecule has 7 heavy (non-hydrogen) atoms. The van der Waals surface area contributed by atoms with Gasteiger partial charge in [0.2, 0.25) is 0 Å². The van der Waals surface area contributed by atoms with E-state index >= 15 is 0 Å². The quantitative estimate of drug-likeness (QED) is 0.467. The average Bonchev–Trinajstić information content (AvgIpc) is 1.27. The van der Waals surface area contributed by atoms with Gasteiger partial charge in [-0.15, -0.1) is 0 Å². The molecular formula is C4H13B2N. The van der Waals surface area contributed by atoms with Crippen molar-refractivity contribution in [3.05, 3.63) is 0 Å². The molecule has 0 aromatic rings. The summed E-state index contributed by atoms with van der Waals surface area (Å²) in [5.41, 5.74) is 0. The van der Waals surface area contributed by atoms with Crippen molar-refractivity contribution in [2.45, 2.75) is 26.7 Å². The summed E-state index contributed by atoms with van der Waals surface area (Å²) in [5.74, 6) is 0. The smallest absolute Gasteiger partial charge is 0.172 e. The highest BCUT2D eigenvalue weighted by Crippen LogP contribution is 1.74. The third kappa shape index (κ3) is 6.09. The molecule has 1 N–H and O–H groups in total. The zero-order valence-electron chi connectivity index (χ0n) is 5.65. The molecule has 1 nitrogen and oxygen atoms in total. The van der Waals surface area contributed by atoms with Crippen molar-refractivity contribution >= 4 is 14.5 Å². The largest absolute Gasteiger partial charge is 0.361 e. The van der Waals surface area contributed by atoms with Crippen LogP contribution in [0.4, 0.5) is 0 Å². The molecule has 0 saturated heterocycles. The van der Waals surface area contributed by atoms with Crippen LogP contribution in [0.2, 0.25) is 6.82 Å². The molecule has 0 heterocycles. The van der Waals surface area contributed by atoms with E-state index < -0.39 is 0 Å². The Kier molecular flexibility index (Phi) is 3.18. The lowest BCUT2D eigenvalue weighted by Crippen LogP contribution is -2.36. The van der Waals surface area contributed by atoms with E-state index in [0.29, 0.717) is 12.8 Å². The van der Waals surface area contributed by atoms with Crippen molar-refractivity contribution in [3.63, 3.8) is 0 Å². The Morgan fingerprint density at radius 1 is 1.57 bits per heavy atom. The third-order valence-electron chi connectivity index (χ3n) is 0.667. The molecule has 0 aromatic carbocycles. The second kappa shape index (κ2) is 3.14. The minimum absolute atomic E-state index is 0.625. The van der Waals surface area contributed by atoms with Crippen LogP contribution in [-0.4, -0.2) is 20.5 Å². The summed E-state index contributed by atoms with van der Waals surface area (Å²) < 4.78 is 0. The lowest BCUT2D eigenvalue weighted by Gasteiger charge is -2.07. The minimum Gasteiger partial charge on any atom is -0.361 e. The van der Waals surface area contributed by atoms with Gasteiger partial charge in [0, 0.05) is 0 Å². The Hall–Kier alpha value is 0.0899. The Morgan fingerprint density at radius 2 is 2.00 bits per heavy atom. The maximum Gasteiger partial charge on any atom is 0.172 e. The maximum atomic E-state index is 3.31. The van der Waals surface area contributed by atoms with Crippen molar-refractivity contribution in [2.75, 3.05) is 0 Å². The Bertz CT molecular complexity index is 39.0. The highest BCUT2D eigenvalue weighted by molar-refractivity contribution is 7.01. The Balaban J connectivity index is 2.95. The number of hydrogen-bond donors (Lipinski definition) is 1. The summed E-state index contributed by atoms with van der Waals surface area (Å²) in [6.07, 6.45) is 0. The second-order valence-electron chi connectivity index (χ2n) is 2.48. The fourth-order valence-electron chi connectivity index (χ4n) is 0.667. The van der Waals surface area contributed by atoms with Gasteiger partial charge in [0.05, 0.1) is 7.74 Å². The molecule has 0 saturated carbocycles. The summed E-state index contributed by atoms with van der Waals surface area (Å²) in [6, 6.07) is 0.625. The Labute approximate surface area is 47.4 Å². The molecule has 0 aromatic heterocycles. The summed E-state index contributed by atoms with van der Waals surface area (Å²) in [6.45, 7) is 7.08. The molecule has 0 unspecified atom stereocenters. The first kappa shape index (κ1) is 7.09. The molecule has 0 bridgehead atoms. The molecular weight excluding hydrogens is 83.7 g/mol. The molecule has 0 rings (SSSR count). The van der Waals surface area contributed by atoms with Crippen LogP contribution < -0.4 is 5.23 Å². The highest BCUT2D eigenvalue weighted by atomic mass is 14.8. The average molecular weight is 96.8 g/mol. The van der Waals surface area contributed by atoms with E-state index in [1.165, 1.54) is 0 Å². The van der Waals surface area contributed by atoms with Crippen LogP contribution in [-0.2, 0) is 0 Å². The van der Waals surface area contributed by atoms with Crippen LogP contribution in [0.3, 0.4) is 0 Å². The molecule has 0 fully saturated rings. The first-order chi connectivity index (χ1) is 3.13. The van der Waals surface area contributed by atoms with Crippen molar-refractivity contribution in [2.24, 2.45) is 0 Å². The standard InChI is InChI=1S/C4H13B2N/c1-4(2)7-6(3)5/h4,7H,5H2,1-3H3. The normalized spacial score (nSPS) is 9.71.